The molecule has 4 rings (SSSR count). The highest BCUT2D eigenvalue weighted by Crippen LogP contribution is 2.39. The Morgan fingerprint density at radius 2 is 1.95 bits per heavy atom. The molecule has 0 radical (unpaired) electrons. The molecule has 1 aliphatic rings. The van der Waals surface area contributed by atoms with Gasteiger partial charge in [-0.15, -0.1) is 0 Å². The van der Waals surface area contributed by atoms with Crippen LogP contribution in [0, 0.1) is 0 Å². The van der Waals surface area contributed by atoms with E-state index in [1.54, 1.807) is 6.07 Å². The van der Waals surface area contributed by atoms with Gasteiger partial charge in [0, 0.05) is 0 Å². The molecule has 0 saturated carbocycles. The molecule has 0 atom stereocenters. The Balaban J connectivity index is 2.09. The van der Waals surface area contributed by atoms with Crippen molar-refractivity contribution < 1.29 is 8.83 Å². The lowest BCUT2D eigenvalue weighted by atomic mass is 9.98. The maximum atomic E-state index is 12.2. The molecule has 0 bridgehead atoms. The second-order valence-electron chi connectivity index (χ2n) is 5.31. The molecule has 1 aliphatic carbocycles. The van der Waals surface area contributed by atoms with Gasteiger partial charge in [0.25, 0.3) is 0 Å². The van der Waals surface area contributed by atoms with Gasteiger partial charge in [0.15, 0.2) is 5.58 Å². The van der Waals surface area contributed by atoms with Crippen molar-refractivity contribution >= 4 is 39.1 Å². The van der Waals surface area contributed by atoms with Gasteiger partial charge in [0.1, 0.15) is 21.8 Å². The SMILES string of the molecule is O=c1oc2ccccc2c2oc(C3=CCCCC3)c(Cl)c12. The number of benzene rings is 1. The van der Waals surface area contributed by atoms with Gasteiger partial charge in [0.05, 0.1) is 5.39 Å². The molecular weight excluding hydrogens is 288 g/mol. The van der Waals surface area contributed by atoms with Crippen LogP contribution in [0.1, 0.15) is 31.4 Å². The number of halogens is 1. The Morgan fingerprint density at radius 1 is 1.10 bits per heavy atom. The molecule has 3 aromatic rings. The summed E-state index contributed by atoms with van der Waals surface area (Å²) in [6, 6.07) is 7.34. The van der Waals surface area contributed by atoms with Gasteiger partial charge >= 0.3 is 5.63 Å². The van der Waals surface area contributed by atoms with E-state index in [2.05, 4.69) is 6.08 Å². The first kappa shape index (κ1) is 12.7. The van der Waals surface area contributed by atoms with Crippen LogP contribution in [0.4, 0.5) is 0 Å². The normalized spacial score (nSPS) is 15.6. The van der Waals surface area contributed by atoms with Crippen molar-refractivity contribution in [1.82, 2.24) is 0 Å². The first-order chi connectivity index (χ1) is 10.3. The molecule has 0 fully saturated rings. The van der Waals surface area contributed by atoms with Crippen molar-refractivity contribution in [3.63, 3.8) is 0 Å². The maximum Gasteiger partial charge on any atom is 0.349 e. The Hall–Kier alpha value is -2.00. The minimum absolute atomic E-state index is 0.344. The lowest BCUT2D eigenvalue weighted by molar-refractivity contribution is 0.562. The van der Waals surface area contributed by atoms with Gasteiger partial charge in [0.2, 0.25) is 0 Å². The van der Waals surface area contributed by atoms with Crippen molar-refractivity contribution in [2.24, 2.45) is 0 Å². The number of para-hydroxylation sites is 1. The van der Waals surface area contributed by atoms with E-state index >= 15 is 0 Å². The summed E-state index contributed by atoms with van der Waals surface area (Å²) in [6.07, 6.45) is 6.42. The van der Waals surface area contributed by atoms with E-state index < -0.39 is 5.63 Å². The van der Waals surface area contributed by atoms with E-state index in [9.17, 15) is 4.79 Å². The maximum absolute atomic E-state index is 12.2. The van der Waals surface area contributed by atoms with Crippen LogP contribution in [-0.2, 0) is 0 Å². The van der Waals surface area contributed by atoms with Crippen molar-refractivity contribution in [1.29, 1.82) is 0 Å². The molecule has 4 heteroatoms. The fourth-order valence-electron chi connectivity index (χ4n) is 2.93. The summed E-state index contributed by atoms with van der Waals surface area (Å²) >= 11 is 6.40. The number of hydrogen-bond acceptors (Lipinski definition) is 3. The van der Waals surface area contributed by atoms with Crippen LogP contribution in [0.3, 0.4) is 0 Å². The Labute approximate surface area is 125 Å². The smallest absolute Gasteiger partial charge is 0.349 e. The first-order valence-corrected chi connectivity index (χ1v) is 7.47. The third-order valence-corrected chi connectivity index (χ3v) is 4.33. The summed E-state index contributed by atoms with van der Waals surface area (Å²) < 4.78 is 11.3. The summed E-state index contributed by atoms with van der Waals surface area (Å²) in [7, 11) is 0. The van der Waals surface area contributed by atoms with Crippen LogP contribution in [0.15, 0.2) is 44.0 Å². The number of allylic oxidation sites excluding steroid dienone is 2. The Kier molecular flexibility index (Phi) is 2.89. The second kappa shape index (κ2) is 4.78. The van der Waals surface area contributed by atoms with Crippen LogP contribution in [0.2, 0.25) is 5.02 Å². The first-order valence-electron chi connectivity index (χ1n) is 7.09. The van der Waals surface area contributed by atoms with Crippen molar-refractivity contribution in [3.8, 4) is 0 Å². The molecule has 0 amide bonds. The molecule has 2 aromatic heterocycles. The fourth-order valence-corrected chi connectivity index (χ4v) is 3.25. The van der Waals surface area contributed by atoms with Gasteiger partial charge < -0.3 is 8.83 Å². The predicted octanol–water partition coefficient (Wildman–Crippen LogP) is 5.15. The third kappa shape index (κ3) is 1.92. The third-order valence-electron chi connectivity index (χ3n) is 3.97. The van der Waals surface area contributed by atoms with Crippen LogP contribution in [0.5, 0.6) is 0 Å². The zero-order valence-corrected chi connectivity index (χ0v) is 12.1. The van der Waals surface area contributed by atoms with E-state index in [0.29, 0.717) is 27.3 Å². The minimum atomic E-state index is -0.444. The number of fused-ring (bicyclic) bond motifs is 3. The number of hydrogen-bond donors (Lipinski definition) is 0. The molecule has 106 valence electrons. The van der Waals surface area contributed by atoms with Crippen molar-refractivity contribution in [2.45, 2.75) is 25.7 Å². The largest absolute Gasteiger partial charge is 0.454 e. The van der Waals surface area contributed by atoms with Crippen molar-refractivity contribution in [2.75, 3.05) is 0 Å². The molecule has 1 aromatic carbocycles. The minimum Gasteiger partial charge on any atom is -0.454 e. The molecule has 0 saturated heterocycles. The highest BCUT2D eigenvalue weighted by Gasteiger charge is 2.22. The average Bonchev–Trinajstić information content (AvgIpc) is 2.87. The fraction of sp³-hybridized carbons (Fsp3) is 0.235. The molecular formula is C17H13ClO3. The van der Waals surface area contributed by atoms with E-state index in [1.807, 2.05) is 18.2 Å². The highest BCUT2D eigenvalue weighted by atomic mass is 35.5. The monoisotopic (exact) mass is 300 g/mol. The van der Waals surface area contributed by atoms with E-state index in [0.717, 1.165) is 30.2 Å². The van der Waals surface area contributed by atoms with Crippen LogP contribution in [-0.4, -0.2) is 0 Å². The zero-order chi connectivity index (χ0) is 14.4. The van der Waals surface area contributed by atoms with Gasteiger partial charge in [-0.1, -0.05) is 29.8 Å². The zero-order valence-electron chi connectivity index (χ0n) is 11.3. The van der Waals surface area contributed by atoms with E-state index in [4.69, 9.17) is 20.4 Å². The molecule has 0 N–H and O–H groups in total. The second-order valence-corrected chi connectivity index (χ2v) is 5.69. The van der Waals surface area contributed by atoms with Gasteiger partial charge in [-0.25, -0.2) is 4.79 Å². The van der Waals surface area contributed by atoms with Crippen LogP contribution < -0.4 is 5.63 Å². The average molecular weight is 301 g/mol. The lowest BCUT2D eigenvalue weighted by Crippen LogP contribution is -1.98. The molecule has 0 spiro atoms. The van der Waals surface area contributed by atoms with Gasteiger partial charge in [-0.2, -0.15) is 0 Å². The summed E-state index contributed by atoms with van der Waals surface area (Å²) in [5.74, 6) is 0.620. The Bertz CT molecular complexity index is 930. The van der Waals surface area contributed by atoms with Gasteiger partial charge in [-0.05, 0) is 43.4 Å². The standard InChI is InChI=1S/C17H13ClO3/c18-14-13-16(21-15(14)10-6-2-1-3-7-10)11-8-4-5-9-12(11)20-17(13)19/h4-6,8-9H,1-3,7H2. The summed E-state index contributed by atoms with van der Waals surface area (Å²) in [4.78, 5) is 12.2. The van der Waals surface area contributed by atoms with Gasteiger partial charge in [-0.3, -0.25) is 0 Å². The van der Waals surface area contributed by atoms with Crippen LogP contribution >= 0.6 is 11.6 Å². The topological polar surface area (TPSA) is 43.4 Å². The molecule has 3 nitrogen and oxygen atoms in total. The quantitative estimate of drug-likeness (QED) is 0.584. The highest BCUT2D eigenvalue weighted by molar-refractivity contribution is 6.37. The van der Waals surface area contributed by atoms with E-state index in [1.165, 1.54) is 6.42 Å². The molecule has 2 heterocycles. The number of rotatable bonds is 1. The van der Waals surface area contributed by atoms with E-state index in [-0.39, 0.29) is 0 Å². The summed E-state index contributed by atoms with van der Waals surface area (Å²) in [5, 5.41) is 1.49. The predicted molar refractivity (Wildman–Crippen MR) is 83.7 cm³/mol. The molecule has 21 heavy (non-hydrogen) atoms. The van der Waals surface area contributed by atoms with Crippen molar-refractivity contribution in [3.05, 3.63) is 51.5 Å². The summed E-state index contributed by atoms with van der Waals surface area (Å²) in [6.45, 7) is 0. The van der Waals surface area contributed by atoms with Crippen LogP contribution in [0.25, 0.3) is 27.5 Å². The number of furan rings is 1. The summed E-state index contributed by atoms with van der Waals surface area (Å²) in [5.41, 5.74) is 1.68. The molecule has 0 unspecified atom stereocenters. The Morgan fingerprint density at radius 3 is 2.76 bits per heavy atom. The lowest BCUT2D eigenvalue weighted by Gasteiger charge is -2.10. The molecule has 0 aliphatic heterocycles.